The lowest BCUT2D eigenvalue weighted by Crippen LogP contribution is -2.39. The average Bonchev–Trinajstić information content (AvgIpc) is 2.63. The zero-order chi connectivity index (χ0) is 15.8. The van der Waals surface area contributed by atoms with Gasteiger partial charge in [-0.05, 0) is 18.1 Å². The number of benzene rings is 1. The SMILES string of the molecule is O=C(O)N1C(Cc2cccc(C(F)(F)F)c2)COS1(=O)=O. The molecule has 1 atom stereocenters. The highest BCUT2D eigenvalue weighted by Crippen LogP contribution is 2.30. The molecule has 6 nitrogen and oxygen atoms in total. The van der Waals surface area contributed by atoms with Gasteiger partial charge in [0.1, 0.15) is 0 Å². The molecule has 1 aliphatic heterocycles. The summed E-state index contributed by atoms with van der Waals surface area (Å²) in [6.45, 7) is -0.426. The summed E-state index contributed by atoms with van der Waals surface area (Å²) in [6, 6.07) is 3.18. The Hall–Kier alpha value is -1.81. The maximum atomic E-state index is 12.6. The van der Waals surface area contributed by atoms with Gasteiger partial charge in [0.2, 0.25) is 0 Å². The van der Waals surface area contributed by atoms with Crippen LogP contribution in [0.4, 0.5) is 18.0 Å². The Kier molecular flexibility index (Phi) is 3.85. The minimum Gasteiger partial charge on any atom is -0.464 e. The first-order valence-corrected chi connectivity index (χ1v) is 7.05. The van der Waals surface area contributed by atoms with E-state index in [9.17, 15) is 26.4 Å². The van der Waals surface area contributed by atoms with E-state index in [2.05, 4.69) is 4.18 Å². The van der Waals surface area contributed by atoms with Crippen LogP contribution < -0.4 is 0 Å². The van der Waals surface area contributed by atoms with E-state index in [-0.39, 0.29) is 16.3 Å². The van der Waals surface area contributed by atoms with Gasteiger partial charge in [-0.15, -0.1) is 0 Å². The van der Waals surface area contributed by atoms with Crippen molar-refractivity contribution in [2.24, 2.45) is 0 Å². The summed E-state index contributed by atoms with van der Waals surface area (Å²) in [7, 11) is -4.38. The quantitative estimate of drug-likeness (QED) is 0.897. The topological polar surface area (TPSA) is 83.9 Å². The van der Waals surface area contributed by atoms with Crippen LogP contribution in [0.2, 0.25) is 0 Å². The zero-order valence-corrected chi connectivity index (χ0v) is 11.2. The standard InChI is InChI=1S/C11H10F3NO5S/c12-11(13,14)8-3-1-2-7(4-8)5-9-6-20-21(18,19)15(9)10(16)17/h1-4,9H,5-6H2,(H,16,17). The minimum atomic E-state index is -4.53. The largest absolute Gasteiger partial charge is 0.464 e. The normalized spacial score (nSPS) is 21.5. The van der Waals surface area contributed by atoms with E-state index < -0.39 is 40.8 Å². The zero-order valence-electron chi connectivity index (χ0n) is 10.4. The molecule has 10 heteroatoms. The van der Waals surface area contributed by atoms with Crippen molar-refractivity contribution in [1.82, 2.24) is 4.31 Å². The van der Waals surface area contributed by atoms with Crippen LogP contribution in [0.5, 0.6) is 0 Å². The Morgan fingerprint density at radius 1 is 1.43 bits per heavy atom. The van der Waals surface area contributed by atoms with Gasteiger partial charge in [0.05, 0.1) is 18.2 Å². The van der Waals surface area contributed by atoms with E-state index in [1.165, 1.54) is 12.1 Å². The summed E-state index contributed by atoms with van der Waals surface area (Å²) in [5.41, 5.74) is -0.717. The molecule has 0 bridgehead atoms. The monoisotopic (exact) mass is 325 g/mol. The number of rotatable bonds is 2. The van der Waals surface area contributed by atoms with Crippen LogP contribution >= 0.6 is 0 Å². The van der Waals surface area contributed by atoms with Crippen molar-refractivity contribution in [3.05, 3.63) is 35.4 Å². The Balaban J connectivity index is 2.25. The highest BCUT2D eigenvalue weighted by molar-refractivity contribution is 7.85. The third-order valence-electron chi connectivity index (χ3n) is 2.90. The second kappa shape index (κ2) is 5.19. The van der Waals surface area contributed by atoms with Crippen molar-refractivity contribution >= 4 is 16.4 Å². The number of halogens is 3. The highest BCUT2D eigenvalue weighted by atomic mass is 32.2. The molecule has 0 aromatic heterocycles. The van der Waals surface area contributed by atoms with E-state index >= 15 is 0 Å². The number of nitrogens with zero attached hydrogens (tertiary/aromatic N) is 1. The molecule has 1 saturated heterocycles. The van der Waals surface area contributed by atoms with Crippen molar-refractivity contribution in [2.75, 3.05) is 6.61 Å². The summed E-state index contributed by atoms with van der Waals surface area (Å²) in [6.07, 6.45) is -6.46. The molecule has 1 aliphatic rings. The summed E-state index contributed by atoms with van der Waals surface area (Å²) < 4.78 is 65.0. The number of carboxylic acid groups (broad SMARTS) is 1. The van der Waals surface area contributed by atoms with Crippen LogP contribution in [0, 0.1) is 0 Å². The van der Waals surface area contributed by atoms with Gasteiger partial charge >= 0.3 is 22.6 Å². The van der Waals surface area contributed by atoms with Crippen LogP contribution in [0.1, 0.15) is 11.1 Å². The van der Waals surface area contributed by atoms with Crippen LogP contribution in [0.15, 0.2) is 24.3 Å². The van der Waals surface area contributed by atoms with Crippen LogP contribution in [0.3, 0.4) is 0 Å². The van der Waals surface area contributed by atoms with Crippen LogP contribution in [0.25, 0.3) is 0 Å². The molecule has 2 rings (SSSR count). The molecule has 0 spiro atoms. The lowest BCUT2D eigenvalue weighted by molar-refractivity contribution is -0.137. The molecule has 1 N–H and O–H groups in total. The molecular formula is C11H10F3NO5S. The first-order chi connectivity index (χ1) is 9.61. The smallest absolute Gasteiger partial charge is 0.423 e. The molecule has 0 saturated carbocycles. The molecule has 1 amide bonds. The van der Waals surface area contributed by atoms with Crippen molar-refractivity contribution in [1.29, 1.82) is 0 Å². The van der Waals surface area contributed by atoms with Gasteiger partial charge in [0, 0.05) is 0 Å². The van der Waals surface area contributed by atoms with Crippen molar-refractivity contribution in [3.63, 3.8) is 0 Å². The fourth-order valence-electron chi connectivity index (χ4n) is 2.01. The maximum Gasteiger partial charge on any atom is 0.423 e. The fraction of sp³-hybridized carbons (Fsp3) is 0.364. The van der Waals surface area contributed by atoms with E-state index in [4.69, 9.17) is 5.11 Å². The van der Waals surface area contributed by atoms with Crippen molar-refractivity contribution in [2.45, 2.75) is 18.6 Å². The van der Waals surface area contributed by atoms with Crippen molar-refractivity contribution < 1.29 is 35.7 Å². The van der Waals surface area contributed by atoms with E-state index in [0.717, 1.165) is 12.1 Å². The molecule has 0 aliphatic carbocycles. The summed E-state index contributed by atoms with van der Waals surface area (Å²) >= 11 is 0. The number of hydrogen-bond donors (Lipinski definition) is 1. The summed E-state index contributed by atoms with van der Waals surface area (Å²) in [5.74, 6) is 0. The Morgan fingerprint density at radius 3 is 2.67 bits per heavy atom. The van der Waals surface area contributed by atoms with Crippen LogP contribution in [-0.4, -0.2) is 36.6 Å². The van der Waals surface area contributed by atoms with Gasteiger partial charge in [0.15, 0.2) is 0 Å². The lowest BCUT2D eigenvalue weighted by Gasteiger charge is -2.17. The summed E-state index contributed by atoms with van der Waals surface area (Å²) in [4.78, 5) is 10.9. The molecular weight excluding hydrogens is 315 g/mol. The lowest BCUT2D eigenvalue weighted by atomic mass is 10.0. The molecule has 1 aromatic carbocycles. The third-order valence-corrected chi connectivity index (χ3v) is 4.27. The first kappa shape index (κ1) is 15.6. The molecule has 1 fully saturated rings. The number of amides is 1. The minimum absolute atomic E-state index is 0.118. The highest BCUT2D eigenvalue weighted by Gasteiger charge is 2.42. The van der Waals surface area contributed by atoms with Crippen LogP contribution in [-0.2, 0) is 27.1 Å². The number of alkyl halides is 3. The Morgan fingerprint density at radius 2 is 2.10 bits per heavy atom. The van der Waals surface area contributed by atoms with Crippen molar-refractivity contribution in [3.8, 4) is 0 Å². The first-order valence-electron chi connectivity index (χ1n) is 5.69. The average molecular weight is 325 g/mol. The molecule has 1 unspecified atom stereocenters. The van der Waals surface area contributed by atoms with Gasteiger partial charge < -0.3 is 5.11 Å². The van der Waals surface area contributed by atoms with Gasteiger partial charge in [-0.2, -0.15) is 25.9 Å². The number of carbonyl (C=O) groups is 1. The molecule has 1 heterocycles. The molecule has 21 heavy (non-hydrogen) atoms. The molecule has 0 radical (unpaired) electrons. The van der Waals surface area contributed by atoms with Gasteiger partial charge in [-0.3, -0.25) is 4.18 Å². The second-order valence-electron chi connectivity index (χ2n) is 4.38. The van der Waals surface area contributed by atoms with E-state index in [0.29, 0.717) is 0 Å². The molecule has 1 aromatic rings. The predicted molar refractivity (Wildman–Crippen MR) is 63.7 cm³/mol. The Bertz CT molecular complexity index is 658. The van der Waals surface area contributed by atoms with Gasteiger partial charge in [-0.25, -0.2) is 4.79 Å². The van der Waals surface area contributed by atoms with Gasteiger partial charge in [-0.1, -0.05) is 18.2 Å². The van der Waals surface area contributed by atoms with E-state index in [1.54, 1.807) is 0 Å². The third kappa shape index (κ3) is 3.27. The van der Waals surface area contributed by atoms with Gasteiger partial charge in [0.25, 0.3) is 0 Å². The number of hydrogen-bond acceptors (Lipinski definition) is 4. The molecule has 116 valence electrons. The van der Waals surface area contributed by atoms with E-state index in [1.807, 2.05) is 0 Å². The fourth-order valence-corrected chi connectivity index (χ4v) is 3.15. The predicted octanol–water partition coefficient (Wildman–Crippen LogP) is 1.87. The maximum absolute atomic E-state index is 12.6. The Labute approximate surface area is 118 Å². The summed E-state index contributed by atoms with van der Waals surface area (Å²) in [5, 5.41) is 8.87. The second-order valence-corrected chi connectivity index (χ2v) is 5.86.